The maximum atomic E-state index is 14.2. The van der Waals surface area contributed by atoms with E-state index in [2.05, 4.69) is 20.9 Å². The van der Waals surface area contributed by atoms with Crippen LogP contribution in [0.5, 0.6) is 0 Å². The second kappa shape index (κ2) is 13.2. The Hall–Kier alpha value is -2.27. The third-order valence-electron chi connectivity index (χ3n) is 4.77. The van der Waals surface area contributed by atoms with E-state index in [1.54, 1.807) is 39.2 Å². The Kier molecular flexibility index (Phi) is 11.4. The summed E-state index contributed by atoms with van der Waals surface area (Å²) in [6.07, 6.45) is 0.685. The third-order valence-corrected chi connectivity index (χ3v) is 4.77. The number of halogens is 3. The molecule has 2 rings (SSSR count). The summed E-state index contributed by atoms with van der Waals surface area (Å²) >= 11 is 0. The fourth-order valence-electron chi connectivity index (χ4n) is 3.12. The van der Waals surface area contributed by atoms with Crippen molar-refractivity contribution in [3.05, 3.63) is 70.8 Å². The number of hydrogen-bond acceptors (Lipinski definition) is 3. The standard InChI is InChI=1S/C22H29F2N5O.HI/c1-25-21(30)16-8-5-7-15(13-16)11-12-27-22(26-2)28-14-19(29(3)4)20-17(23)9-6-10-18(20)24;/h5-10,13,19H,11-12,14H2,1-4H3,(H,25,30)(H2,26,27,28);1H. The van der Waals surface area contributed by atoms with Crippen molar-refractivity contribution in [2.75, 3.05) is 41.3 Å². The Balaban J connectivity index is 0.00000480. The van der Waals surface area contributed by atoms with E-state index >= 15 is 0 Å². The van der Waals surface area contributed by atoms with Crippen LogP contribution >= 0.6 is 24.0 Å². The minimum Gasteiger partial charge on any atom is -0.356 e. The summed E-state index contributed by atoms with van der Waals surface area (Å²) < 4.78 is 28.4. The molecular weight excluding hydrogens is 515 g/mol. The van der Waals surface area contributed by atoms with Gasteiger partial charge >= 0.3 is 0 Å². The number of carbonyl (C=O) groups excluding carboxylic acids is 1. The van der Waals surface area contributed by atoms with Gasteiger partial charge in [-0.25, -0.2) is 8.78 Å². The van der Waals surface area contributed by atoms with Crippen molar-refractivity contribution in [2.45, 2.75) is 12.5 Å². The SMILES string of the molecule is CN=C(NCCc1cccc(C(=O)NC)c1)NCC(c1c(F)cccc1F)N(C)C.I. The topological polar surface area (TPSA) is 68.8 Å². The van der Waals surface area contributed by atoms with Crippen LogP contribution in [0.1, 0.15) is 27.5 Å². The molecule has 0 spiro atoms. The van der Waals surface area contributed by atoms with Gasteiger partial charge in [0.2, 0.25) is 0 Å². The van der Waals surface area contributed by atoms with E-state index in [0.29, 0.717) is 24.5 Å². The highest BCUT2D eigenvalue weighted by molar-refractivity contribution is 14.0. The Morgan fingerprint density at radius 3 is 2.32 bits per heavy atom. The van der Waals surface area contributed by atoms with Crippen molar-refractivity contribution >= 4 is 35.8 Å². The number of amides is 1. The van der Waals surface area contributed by atoms with Gasteiger partial charge < -0.3 is 20.9 Å². The van der Waals surface area contributed by atoms with Gasteiger partial charge in [-0.3, -0.25) is 9.79 Å². The van der Waals surface area contributed by atoms with Crippen molar-refractivity contribution in [1.29, 1.82) is 0 Å². The van der Waals surface area contributed by atoms with Crippen molar-refractivity contribution in [1.82, 2.24) is 20.9 Å². The average Bonchev–Trinajstić information content (AvgIpc) is 2.73. The van der Waals surface area contributed by atoms with Crippen molar-refractivity contribution in [3.8, 4) is 0 Å². The van der Waals surface area contributed by atoms with Crippen LogP contribution in [0.2, 0.25) is 0 Å². The monoisotopic (exact) mass is 545 g/mol. The molecule has 0 aliphatic heterocycles. The maximum Gasteiger partial charge on any atom is 0.251 e. The van der Waals surface area contributed by atoms with Gasteiger partial charge in [-0.1, -0.05) is 18.2 Å². The fourth-order valence-corrected chi connectivity index (χ4v) is 3.12. The highest BCUT2D eigenvalue weighted by Crippen LogP contribution is 2.23. The summed E-state index contributed by atoms with van der Waals surface area (Å²) in [5.41, 5.74) is 1.65. The molecule has 0 radical (unpaired) electrons. The Morgan fingerprint density at radius 2 is 1.74 bits per heavy atom. The Labute approximate surface area is 199 Å². The average molecular weight is 545 g/mol. The summed E-state index contributed by atoms with van der Waals surface area (Å²) in [4.78, 5) is 17.7. The molecule has 2 aromatic rings. The predicted molar refractivity (Wildman–Crippen MR) is 131 cm³/mol. The molecule has 3 N–H and O–H groups in total. The smallest absolute Gasteiger partial charge is 0.251 e. The van der Waals surface area contributed by atoms with Crippen LogP contribution < -0.4 is 16.0 Å². The van der Waals surface area contributed by atoms with Gasteiger partial charge in [0, 0.05) is 38.3 Å². The summed E-state index contributed by atoms with van der Waals surface area (Å²) in [5.74, 6) is -0.748. The molecule has 0 saturated heterocycles. The van der Waals surface area contributed by atoms with E-state index in [1.807, 2.05) is 18.2 Å². The number of hydrogen-bond donors (Lipinski definition) is 3. The molecule has 1 unspecified atom stereocenters. The third kappa shape index (κ3) is 7.73. The van der Waals surface area contributed by atoms with Crippen molar-refractivity contribution in [3.63, 3.8) is 0 Å². The number of rotatable bonds is 8. The molecule has 0 bridgehead atoms. The summed E-state index contributed by atoms with van der Waals surface area (Å²) in [5, 5.41) is 8.93. The van der Waals surface area contributed by atoms with Crippen LogP contribution in [0, 0.1) is 11.6 Å². The van der Waals surface area contributed by atoms with Gasteiger partial charge in [-0.05, 0) is 50.3 Å². The normalized spacial score (nSPS) is 12.2. The molecule has 0 saturated carbocycles. The first kappa shape index (κ1) is 26.8. The van der Waals surface area contributed by atoms with E-state index in [9.17, 15) is 13.6 Å². The zero-order valence-corrected chi connectivity index (χ0v) is 20.5. The van der Waals surface area contributed by atoms with Crippen molar-refractivity contribution in [2.24, 2.45) is 4.99 Å². The minimum atomic E-state index is -0.575. The molecule has 6 nitrogen and oxygen atoms in total. The highest BCUT2D eigenvalue weighted by Gasteiger charge is 2.22. The zero-order valence-electron chi connectivity index (χ0n) is 18.2. The second-order valence-electron chi connectivity index (χ2n) is 7.02. The Bertz CT molecular complexity index is 872. The van der Waals surface area contributed by atoms with Crippen LogP contribution in [0.15, 0.2) is 47.5 Å². The minimum absolute atomic E-state index is 0. The quantitative estimate of drug-likeness (QED) is 0.271. The number of guanidine groups is 1. The van der Waals surface area contributed by atoms with Crippen LogP contribution in [0.3, 0.4) is 0 Å². The van der Waals surface area contributed by atoms with Crippen LogP contribution in [-0.2, 0) is 6.42 Å². The van der Waals surface area contributed by atoms with E-state index in [-0.39, 0.29) is 42.0 Å². The van der Waals surface area contributed by atoms with Gasteiger partial charge in [0.05, 0.1) is 6.04 Å². The van der Waals surface area contributed by atoms with E-state index < -0.39 is 17.7 Å². The van der Waals surface area contributed by atoms with E-state index in [1.165, 1.54) is 18.2 Å². The molecule has 0 heterocycles. The van der Waals surface area contributed by atoms with Crippen LogP contribution in [0.25, 0.3) is 0 Å². The van der Waals surface area contributed by atoms with Gasteiger partial charge in [0.1, 0.15) is 11.6 Å². The predicted octanol–water partition coefficient (Wildman–Crippen LogP) is 2.95. The lowest BCUT2D eigenvalue weighted by Gasteiger charge is -2.26. The molecule has 1 amide bonds. The molecule has 31 heavy (non-hydrogen) atoms. The lowest BCUT2D eigenvalue weighted by molar-refractivity contribution is 0.0963. The Morgan fingerprint density at radius 1 is 1.10 bits per heavy atom. The molecule has 9 heteroatoms. The molecular formula is C22H30F2IN5O. The van der Waals surface area contributed by atoms with Gasteiger partial charge in [0.15, 0.2) is 5.96 Å². The molecule has 170 valence electrons. The van der Waals surface area contributed by atoms with Gasteiger partial charge in [-0.2, -0.15) is 0 Å². The van der Waals surface area contributed by atoms with Crippen LogP contribution in [0.4, 0.5) is 8.78 Å². The van der Waals surface area contributed by atoms with Gasteiger partial charge in [0.25, 0.3) is 5.91 Å². The van der Waals surface area contributed by atoms with E-state index in [4.69, 9.17) is 0 Å². The lowest BCUT2D eigenvalue weighted by Crippen LogP contribution is -2.42. The molecule has 0 aliphatic rings. The number of carbonyl (C=O) groups is 1. The lowest BCUT2D eigenvalue weighted by atomic mass is 10.0. The second-order valence-corrected chi connectivity index (χ2v) is 7.02. The number of nitrogens with one attached hydrogen (secondary N) is 3. The molecule has 0 aromatic heterocycles. The molecule has 0 aliphatic carbocycles. The molecule has 0 fully saturated rings. The maximum absolute atomic E-state index is 14.2. The van der Waals surface area contributed by atoms with Gasteiger partial charge in [-0.15, -0.1) is 24.0 Å². The molecule has 2 aromatic carbocycles. The summed E-state index contributed by atoms with van der Waals surface area (Å²) in [7, 11) is 6.78. The summed E-state index contributed by atoms with van der Waals surface area (Å²) in [6, 6.07) is 10.8. The molecule has 1 atom stereocenters. The fraction of sp³-hybridized carbons (Fsp3) is 0.364. The van der Waals surface area contributed by atoms with Crippen molar-refractivity contribution < 1.29 is 13.6 Å². The highest BCUT2D eigenvalue weighted by atomic mass is 127. The van der Waals surface area contributed by atoms with E-state index in [0.717, 1.165) is 5.56 Å². The zero-order chi connectivity index (χ0) is 22.1. The number of nitrogens with zero attached hydrogens (tertiary/aromatic N) is 2. The van der Waals surface area contributed by atoms with Crippen LogP contribution in [-0.4, -0.2) is 58.0 Å². The first-order chi connectivity index (χ1) is 14.4. The first-order valence-electron chi connectivity index (χ1n) is 9.73. The number of likely N-dealkylation sites (N-methyl/N-ethyl adjacent to an activating group) is 1. The number of aliphatic imine (C=N–C) groups is 1. The summed E-state index contributed by atoms with van der Waals surface area (Å²) in [6.45, 7) is 0.855. The first-order valence-corrected chi connectivity index (χ1v) is 9.73. The largest absolute Gasteiger partial charge is 0.356 e. The number of benzene rings is 2.